The maximum Gasteiger partial charge on any atom is 0.123 e. The highest BCUT2D eigenvalue weighted by Crippen LogP contribution is 2.39. The van der Waals surface area contributed by atoms with Gasteiger partial charge in [0.2, 0.25) is 0 Å². The average Bonchev–Trinajstić information content (AvgIpc) is 3.08. The van der Waals surface area contributed by atoms with Gasteiger partial charge in [0, 0.05) is 37.9 Å². The van der Waals surface area contributed by atoms with Gasteiger partial charge in [-0.15, -0.1) is 0 Å². The molecule has 2 aromatic rings. The van der Waals surface area contributed by atoms with Crippen molar-refractivity contribution in [1.29, 1.82) is 0 Å². The standard InChI is InChI=1S/C20H23FN2/c1-15-20-14-22(11-16-5-3-2-4-6-16)12-17(20)13-23(15)19-9-7-18(21)8-10-19/h2-10,15,17,20H,11-14H2,1H3/t15?,17-,20+/m0/s1. The Balaban J connectivity index is 1.43. The van der Waals surface area contributed by atoms with Crippen LogP contribution in [0.3, 0.4) is 0 Å². The smallest absolute Gasteiger partial charge is 0.123 e. The van der Waals surface area contributed by atoms with E-state index in [1.54, 1.807) is 12.1 Å². The number of rotatable bonds is 3. The van der Waals surface area contributed by atoms with Gasteiger partial charge in [-0.05, 0) is 48.6 Å². The monoisotopic (exact) mass is 310 g/mol. The Morgan fingerprint density at radius 1 is 0.957 bits per heavy atom. The molecular weight excluding hydrogens is 287 g/mol. The number of benzene rings is 2. The quantitative estimate of drug-likeness (QED) is 0.851. The van der Waals surface area contributed by atoms with Gasteiger partial charge in [0.05, 0.1) is 0 Å². The molecule has 1 unspecified atom stereocenters. The summed E-state index contributed by atoms with van der Waals surface area (Å²) in [6.07, 6.45) is 0. The van der Waals surface area contributed by atoms with Gasteiger partial charge >= 0.3 is 0 Å². The molecule has 4 rings (SSSR count). The van der Waals surface area contributed by atoms with Crippen LogP contribution in [0.4, 0.5) is 10.1 Å². The average molecular weight is 310 g/mol. The van der Waals surface area contributed by atoms with Crippen LogP contribution in [0.15, 0.2) is 54.6 Å². The van der Waals surface area contributed by atoms with E-state index in [2.05, 4.69) is 47.1 Å². The van der Waals surface area contributed by atoms with Crippen molar-refractivity contribution in [2.75, 3.05) is 24.5 Å². The van der Waals surface area contributed by atoms with Crippen LogP contribution in [0.2, 0.25) is 0 Å². The van der Waals surface area contributed by atoms with Crippen molar-refractivity contribution in [3.63, 3.8) is 0 Å². The van der Waals surface area contributed by atoms with Crippen molar-refractivity contribution in [1.82, 2.24) is 4.90 Å². The molecule has 2 aromatic carbocycles. The largest absolute Gasteiger partial charge is 0.368 e. The second-order valence-electron chi connectivity index (χ2n) is 6.97. The highest BCUT2D eigenvalue weighted by atomic mass is 19.1. The van der Waals surface area contributed by atoms with E-state index in [-0.39, 0.29) is 5.82 Å². The van der Waals surface area contributed by atoms with Gasteiger partial charge < -0.3 is 4.90 Å². The summed E-state index contributed by atoms with van der Waals surface area (Å²) in [5, 5.41) is 0. The van der Waals surface area contributed by atoms with Gasteiger partial charge in [-0.2, -0.15) is 0 Å². The lowest BCUT2D eigenvalue weighted by Crippen LogP contribution is -2.34. The summed E-state index contributed by atoms with van der Waals surface area (Å²) in [7, 11) is 0. The number of hydrogen-bond acceptors (Lipinski definition) is 2. The molecule has 0 aromatic heterocycles. The summed E-state index contributed by atoms with van der Waals surface area (Å²) in [4.78, 5) is 5.04. The lowest BCUT2D eigenvalue weighted by atomic mass is 9.95. The number of halogens is 1. The van der Waals surface area contributed by atoms with Gasteiger partial charge in [-0.25, -0.2) is 4.39 Å². The van der Waals surface area contributed by atoms with Gasteiger partial charge in [-0.3, -0.25) is 4.90 Å². The topological polar surface area (TPSA) is 6.48 Å². The number of nitrogens with zero attached hydrogens (tertiary/aromatic N) is 2. The fourth-order valence-corrected chi connectivity index (χ4v) is 4.32. The first-order chi connectivity index (χ1) is 11.2. The number of hydrogen-bond donors (Lipinski definition) is 0. The molecule has 2 aliphatic rings. The summed E-state index contributed by atoms with van der Waals surface area (Å²) in [6, 6.07) is 18.2. The Bertz CT molecular complexity index is 655. The first-order valence-corrected chi connectivity index (χ1v) is 8.49. The minimum atomic E-state index is -0.158. The third-order valence-electron chi connectivity index (χ3n) is 5.52. The van der Waals surface area contributed by atoms with Crippen molar-refractivity contribution in [2.24, 2.45) is 11.8 Å². The summed E-state index contributed by atoms with van der Waals surface area (Å²) in [5.74, 6) is 1.28. The van der Waals surface area contributed by atoms with Crippen LogP contribution in [0, 0.1) is 17.7 Å². The van der Waals surface area contributed by atoms with E-state index in [1.807, 2.05) is 12.1 Å². The van der Waals surface area contributed by atoms with Crippen molar-refractivity contribution < 1.29 is 4.39 Å². The molecule has 0 N–H and O–H groups in total. The van der Waals surface area contributed by atoms with E-state index < -0.39 is 0 Å². The van der Waals surface area contributed by atoms with Gasteiger partial charge in [0.25, 0.3) is 0 Å². The Kier molecular flexibility index (Phi) is 3.82. The molecule has 0 bridgehead atoms. The summed E-state index contributed by atoms with van der Waals surface area (Å²) < 4.78 is 13.1. The summed E-state index contributed by atoms with van der Waals surface area (Å²) in [5.41, 5.74) is 2.55. The maximum absolute atomic E-state index is 13.1. The van der Waals surface area contributed by atoms with Crippen LogP contribution >= 0.6 is 0 Å². The molecule has 2 saturated heterocycles. The Morgan fingerprint density at radius 3 is 2.39 bits per heavy atom. The molecule has 3 heteroatoms. The molecule has 2 nitrogen and oxygen atoms in total. The number of fused-ring (bicyclic) bond motifs is 1. The first kappa shape index (κ1) is 14.7. The highest BCUT2D eigenvalue weighted by molar-refractivity contribution is 5.49. The Morgan fingerprint density at radius 2 is 1.70 bits per heavy atom. The summed E-state index contributed by atoms with van der Waals surface area (Å²) >= 11 is 0. The Labute approximate surface area is 137 Å². The Hall–Kier alpha value is -1.87. The van der Waals surface area contributed by atoms with E-state index in [9.17, 15) is 4.39 Å². The molecular formula is C20H23FN2. The second kappa shape index (κ2) is 5.97. The minimum Gasteiger partial charge on any atom is -0.368 e. The van der Waals surface area contributed by atoms with E-state index in [1.165, 1.54) is 18.7 Å². The molecule has 120 valence electrons. The summed E-state index contributed by atoms with van der Waals surface area (Å²) in [6.45, 7) is 6.79. The molecule has 0 spiro atoms. The van der Waals surface area contributed by atoms with E-state index in [0.717, 1.165) is 24.7 Å². The molecule has 2 fully saturated rings. The molecule has 0 radical (unpaired) electrons. The van der Waals surface area contributed by atoms with Crippen LogP contribution in [0.25, 0.3) is 0 Å². The molecule has 2 aliphatic heterocycles. The fourth-order valence-electron chi connectivity index (χ4n) is 4.32. The van der Waals surface area contributed by atoms with E-state index in [0.29, 0.717) is 12.0 Å². The first-order valence-electron chi connectivity index (χ1n) is 8.49. The van der Waals surface area contributed by atoms with Crippen molar-refractivity contribution in [3.8, 4) is 0 Å². The van der Waals surface area contributed by atoms with Crippen molar-refractivity contribution >= 4 is 5.69 Å². The zero-order chi connectivity index (χ0) is 15.8. The fraction of sp³-hybridized carbons (Fsp3) is 0.400. The van der Waals surface area contributed by atoms with Crippen molar-refractivity contribution in [2.45, 2.75) is 19.5 Å². The van der Waals surface area contributed by atoms with Crippen LogP contribution in [-0.4, -0.2) is 30.6 Å². The highest BCUT2D eigenvalue weighted by Gasteiger charge is 2.44. The van der Waals surface area contributed by atoms with Crippen LogP contribution in [-0.2, 0) is 6.54 Å². The molecule has 3 atom stereocenters. The number of likely N-dealkylation sites (tertiary alicyclic amines) is 1. The SMILES string of the molecule is CC1[C@H]2CN(Cc3ccccc3)C[C@H]2CN1c1ccc(F)cc1. The van der Waals surface area contributed by atoms with Crippen LogP contribution in [0.5, 0.6) is 0 Å². The molecule has 0 aliphatic carbocycles. The van der Waals surface area contributed by atoms with Gasteiger partial charge in [0.15, 0.2) is 0 Å². The second-order valence-corrected chi connectivity index (χ2v) is 6.97. The molecule has 0 amide bonds. The van der Waals surface area contributed by atoms with Crippen LogP contribution < -0.4 is 4.90 Å². The van der Waals surface area contributed by atoms with E-state index in [4.69, 9.17) is 0 Å². The molecule has 0 saturated carbocycles. The molecule has 2 heterocycles. The number of anilines is 1. The minimum absolute atomic E-state index is 0.158. The lowest BCUT2D eigenvalue weighted by Gasteiger charge is -2.28. The third kappa shape index (κ3) is 2.86. The normalized spacial score (nSPS) is 27.4. The zero-order valence-corrected chi connectivity index (χ0v) is 13.5. The van der Waals surface area contributed by atoms with Gasteiger partial charge in [0.1, 0.15) is 5.82 Å². The van der Waals surface area contributed by atoms with E-state index >= 15 is 0 Å². The zero-order valence-electron chi connectivity index (χ0n) is 13.5. The maximum atomic E-state index is 13.1. The van der Waals surface area contributed by atoms with Crippen molar-refractivity contribution in [3.05, 3.63) is 66.0 Å². The predicted octanol–water partition coefficient (Wildman–Crippen LogP) is 3.78. The van der Waals surface area contributed by atoms with Crippen LogP contribution in [0.1, 0.15) is 12.5 Å². The molecule has 23 heavy (non-hydrogen) atoms. The predicted molar refractivity (Wildman–Crippen MR) is 91.9 cm³/mol. The third-order valence-corrected chi connectivity index (χ3v) is 5.52. The van der Waals surface area contributed by atoms with Gasteiger partial charge in [-0.1, -0.05) is 30.3 Å². The lowest BCUT2D eigenvalue weighted by molar-refractivity contribution is 0.302.